The van der Waals surface area contributed by atoms with Crippen LogP contribution in [0.5, 0.6) is 0 Å². The lowest BCUT2D eigenvalue weighted by Gasteiger charge is -2.02. The highest BCUT2D eigenvalue weighted by Crippen LogP contribution is 2.05. The fourth-order valence-electron chi connectivity index (χ4n) is 0.824. The maximum atomic E-state index is 10.2. The molecule has 13 heavy (non-hydrogen) atoms. The molecule has 2 N–H and O–H groups in total. The first-order valence-corrected chi connectivity index (χ1v) is 3.60. The molecule has 1 unspecified atom stereocenters. The molecule has 0 aromatic carbocycles. The summed E-state index contributed by atoms with van der Waals surface area (Å²) in [6, 6.07) is 1.23. The summed E-state index contributed by atoms with van der Waals surface area (Å²) in [6.07, 6.45) is 0.427. The Labute approximate surface area is 73.4 Å². The van der Waals surface area contributed by atoms with Gasteiger partial charge >= 0.3 is 5.82 Å². The van der Waals surface area contributed by atoms with E-state index in [4.69, 9.17) is 10.2 Å². The van der Waals surface area contributed by atoms with E-state index in [1.165, 1.54) is 16.9 Å². The molecule has 0 aliphatic carbocycles. The number of hydrogen-bond acceptors (Lipinski definition) is 5. The SMILES string of the molecule is O=[N+]([O-])c1ccn(CC(O)CO)n1. The molecule has 7 heteroatoms. The van der Waals surface area contributed by atoms with Gasteiger partial charge in [-0.05, 0) is 4.92 Å². The third kappa shape index (κ3) is 2.49. The minimum absolute atomic E-state index is 0.0460. The van der Waals surface area contributed by atoms with Crippen LogP contribution < -0.4 is 0 Å². The lowest BCUT2D eigenvalue weighted by atomic mass is 10.4. The second-order valence-electron chi connectivity index (χ2n) is 2.49. The minimum atomic E-state index is -0.945. The van der Waals surface area contributed by atoms with Crippen LogP contribution in [-0.4, -0.2) is 37.6 Å². The average Bonchev–Trinajstić information content (AvgIpc) is 2.52. The van der Waals surface area contributed by atoms with Crippen molar-refractivity contribution < 1.29 is 15.1 Å². The van der Waals surface area contributed by atoms with Crippen LogP contribution in [0.25, 0.3) is 0 Å². The Morgan fingerprint density at radius 3 is 2.92 bits per heavy atom. The fourth-order valence-corrected chi connectivity index (χ4v) is 0.824. The Morgan fingerprint density at radius 2 is 2.46 bits per heavy atom. The molecule has 0 aliphatic rings. The number of aliphatic hydroxyl groups excluding tert-OH is 2. The van der Waals surface area contributed by atoms with Crippen molar-refractivity contribution in [1.29, 1.82) is 0 Å². The predicted molar refractivity (Wildman–Crippen MR) is 42.0 cm³/mol. The maximum Gasteiger partial charge on any atom is 0.389 e. The zero-order valence-electron chi connectivity index (χ0n) is 6.70. The molecule has 7 nitrogen and oxygen atoms in total. The molecule has 1 atom stereocenters. The Hall–Kier alpha value is -1.47. The molecule has 72 valence electrons. The van der Waals surface area contributed by atoms with E-state index in [2.05, 4.69) is 5.10 Å². The number of aliphatic hydroxyl groups is 2. The maximum absolute atomic E-state index is 10.2. The molecule has 1 heterocycles. The van der Waals surface area contributed by atoms with Crippen LogP contribution in [0.15, 0.2) is 12.3 Å². The first-order chi connectivity index (χ1) is 6.13. The molecular weight excluding hydrogens is 178 g/mol. The van der Waals surface area contributed by atoms with Gasteiger partial charge in [-0.2, -0.15) is 4.68 Å². The van der Waals surface area contributed by atoms with Gasteiger partial charge in [-0.15, -0.1) is 0 Å². The molecule has 0 spiro atoms. The number of aromatic nitrogens is 2. The smallest absolute Gasteiger partial charge is 0.389 e. The van der Waals surface area contributed by atoms with E-state index in [1.807, 2.05) is 0 Å². The summed E-state index contributed by atoms with van der Waals surface area (Å²) in [4.78, 5) is 9.56. The summed E-state index contributed by atoms with van der Waals surface area (Å²) < 4.78 is 1.21. The summed E-state index contributed by atoms with van der Waals surface area (Å²) in [5.41, 5.74) is 0. The van der Waals surface area contributed by atoms with Gasteiger partial charge in [0.05, 0.1) is 36.6 Å². The number of rotatable bonds is 4. The second kappa shape index (κ2) is 3.97. The highest BCUT2D eigenvalue weighted by Gasteiger charge is 2.12. The normalized spacial score (nSPS) is 12.8. The highest BCUT2D eigenvalue weighted by atomic mass is 16.6. The standard InChI is InChI=1S/C6H9N3O4/c10-4-5(11)3-8-2-1-6(7-8)9(12)13/h1-2,5,10-11H,3-4H2. The van der Waals surface area contributed by atoms with Crippen molar-refractivity contribution in [1.82, 2.24) is 9.78 Å². The summed E-state index contributed by atoms with van der Waals surface area (Å²) in [6.45, 7) is -0.349. The molecule has 0 aliphatic heterocycles. The lowest BCUT2D eigenvalue weighted by molar-refractivity contribution is -0.389. The van der Waals surface area contributed by atoms with E-state index in [9.17, 15) is 10.1 Å². The Morgan fingerprint density at radius 1 is 1.77 bits per heavy atom. The van der Waals surface area contributed by atoms with Gasteiger partial charge in [0.25, 0.3) is 0 Å². The molecule has 0 fully saturated rings. The molecule has 0 amide bonds. The van der Waals surface area contributed by atoms with Crippen molar-refractivity contribution >= 4 is 5.82 Å². The van der Waals surface area contributed by atoms with Crippen molar-refractivity contribution in [3.8, 4) is 0 Å². The Kier molecular flexibility index (Phi) is 2.93. The van der Waals surface area contributed by atoms with Crippen LogP contribution in [0.1, 0.15) is 0 Å². The lowest BCUT2D eigenvalue weighted by Crippen LogP contribution is -2.20. The first kappa shape index (κ1) is 9.62. The first-order valence-electron chi connectivity index (χ1n) is 3.60. The molecule has 0 bridgehead atoms. The van der Waals surface area contributed by atoms with Gasteiger partial charge in [0.2, 0.25) is 0 Å². The van der Waals surface area contributed by atoms with E-state index in [1.54, 1.807) is 0 Å². The summed E-state index contributed by atoms with van der Waals surface area (Å²) >= 11 is 0. The largest absolute Gasteiger partial charge is 0.394 e. The van der Waals surface area contributed by atoms with Crippen LogP contribution >= 0.6 is 0 Å². The van der Waals surface area contributed by atoms with Crippen LogP contribution in [0.3, 0.4) is 0 Å². The molecule has 0 saturated carbocycles. The molecule has 1 rings (SSSR count). The van der Waals surface area contributed by atoms with E-state index >= 15 is 0 Å². The van der Waals surface area contributed by atoms with Gasteiger partial charge in [-0.1, -0.05) is 0 Å². The van der Waals surface area contributed by atoms with Crippen molar-refractivity contribution in [3.63, 3.8) is 0 Å². The number of nitro groups is 1. The van der Waals surface area contributed by atoms with Gasteiger partial charge in [0.15, 0.2) is 0 Å². The topological polar surface area (TPSA) is 101 Å². The summed E-state index contributed by atoms with van der Waals surface area (Å²) in [7, 11) is 0. The zero-order chi connectivity index (χ0) is 9.84. The number of hydrogen-bond donors (Lipinski definition) is 2. The van der Waals surface area contributed by atoms with E-state index in [-0.39, 0.29) is 12.4 Å². The monoisotopic (exact) mass is 187 g/mol. The van der Waals surface area contributed by atoms with Crippen LogP contribution in [0.4, 0.5) is 5.82 Å². The molecule has 0 saturated heterocycles. The fraction of sp³-hybridized carbons (Fsp3) is 0.500. The van der Waals surface area contributed by atoms with Gasteiger partial charge in [0, 0.05) is 0 Å². The van der Waals surface area contributed by atoms with E-state index in [0.717, 1.165) is 0 Å². The third-order valence-corrected chi connectivity index (χ3v) is 1.42. The van der Waals surface area contributed by atoms with E-state index < -0.39 is 17.6 Å². The van der Waals surface area contributed by atoms with Gasteiger partial charge in [-0.25, -0.2) is 0 Å². The molecule has 0 radical (unpaired) electrons. The van der Waals surface area contributed by atoms with Gasteiger partial charge in [-0.3, -0.25) is 0 Å². The summed E-state index contributed by atoms with van der Waals surface area (Å²) in [5, 5.41) is 31.2. The van der Waals surface area contributed by atoms with Crippen LogP contribution in [-0.2, 0) is 6.54 Å². The predicted octanol–water partition coefficient (Wildman–Crippen LogP) is -0.856. The average molecular weight is 187 g/mol. The van der Waals surface area contributed by atoms with E-state index in [0.29, 0.717) is 0 Å². The molecule has 1 aromatic heterocycles. The van der Waals surface area contributed by atoms with Crippen molar-refractivity contribution in [2.75, 3.05) is 6.61 Å². The minimum Gasteiger partial charge on any atom is -0.394 e. The third-order valence-electron chi connectivity index (χ3n) is 1.42. The quantitative estimate of drug-likeness (QED) is 0.472. The van der Waals surface area contributed by atoms with Gasteiger partial charge < -0.3 is 20.3 Å². The Bertz CT molecular complexity index is 298. The number of nitrogens with zero attached hydrogens (tertiary/aromatic N) is 3. The highest BCUT2D eigenvalue weighted by molar-refractivity contribution is 5.13. The zero-order valence-corrected chi connectivity index (χ0v) is 6.70. The second-order valence-corrected chi connectivity index (χ2v) is 2.49. The van der Waals surface area contributed by atoms with Crippen molar-refractivity contribution in [3.05, 3.63) is 22.4 Å². The van der Waals surface area contributed by atoms with Crippen molar-refractivity contribution in [2.45, 2.75) is 12.6 Å². The molecular formula is C6H9N3O4. The van der Waals surface area contributed by atoms with Gasteiger partial charge in [0.1, 0.15) is 0 Å². The Balaban J connectivity index is 2.64. The van der Waals surface area contributed by atoms with Crippen LogP contribution in [0.2, 0.25) is 0 Å². The van der Waals surface area contributed by atoms with Crippen molar-refractivity contribution in [2.24, 2.45) is 0 Å². The van der Waals surface area contributed by atoms with Crippen LogP contribution in [0, 0.1) is 10.1 Å². The summed E-state index contributed by atoms with van der Waals surface area (Å²) in [5.74, 6) is -0.273. The molecule has 1 aromatic rings.